The van der Waals surface area contributed by atoms with E-state index < -0.39 is 0 Å². The lowest BCUT2D eigenvalue weighted by Crippen LogP contribution is -2.00. The van der Waals surface area contributed by atoms with Crippen molar-refractivity contribution in [2.75, 3.05) is 0 Å². The Kier molecular flexibility index (Phi) is 3.54. The van der Waals surface area contributed by atoms with Gasteiger partial charge in [-0.15, -0.1) is 0 Å². The molecule has 0 bridgehead atoms. The molecule has 1 heterocycles. The number of hydrogen-bond donors (Lipinski definition) is 1. The van der Waals surface area contributed by atoms with Crippen LogP contribution in [-0.4, -0.2) is 4.98 Å². The summed E-state index contributed by atoms with van der Waals surface area (Å²) in [6.07, 6.45) is 1.69. The van der Waals surface area contributed by atoms with Gasteiger partial charge in [0.1, 0.15) is 5.75 Å². The molecule has 4 heteroatoms. The summed E-state index contributed by atoms with van der Waals surface area (Å²) >= 11 is 6.18. The van der Waals surface area contributed by atoms with Gasteiger partial charge in [0, 0.05) is 17.5 Å². The summed E-state index contributed by atoms with van der Waals surface area (Å²) in [6.45, 7) is 0.372. The smallest absolute Gasteiger partial charge is 0.150 e. The predicted octanol–water partition coefficient (Wildman–Crippen LogP) is 4.14. The lowest BCUT2D eigenvalue weighted by molar-refractivity contribution is 0.475. The van der Waals surface area contributed by atoms with E-state index in [0.717, 1.165) is 16.5 Å². The molecule has 0 radical (unpaired) electrons. The maximum Gasteiger partial charge on any atom is 0.150 e. The van der Waals surface area contributed by atoms with Crippen molar-refractivity contribution in [1.82, 2.24) is 4.98 Å². The van der Waals surface area contributed by atoms with Gasteiger partial charge < -0.3 is 10.5 Å². The maximum atomic E-state index is 6.18. The van der Waals surface area contributed by atoms with Crippen LogP contribution in [0.1, 0.15) is 5.56 Å². The molecular formula is C16H13ClN2O. The van der Waals surface area contributed by atoms with Gasteiger partial charge in [-0.05, 0) is 18.2 Å². The second-order valence-electron chi connectivity index (χ2n) is 4.40. The second-order valence-corrected chi connectivity index (χ2v) is 4.81. The number of benzene rings is 2. The number of aromatic nitrogens is 1. The molecule has 2 N–H and O–H groups in total. The molecule has 0 unspecified atom stereocenters. The van der Waals surface area contributed by atoms with Gasteiger partial charge in [0.15, 0.2) is 5.75 Å². The summed E-state index contributed by atoms with van der Waals surface area (Å²) < 4.78 is 5.86. The van der Waals surface area contributed by atoms with Gasteiger partial charge in [0.2, 0.25) is 0 Å². The molecule has 2 aromatic carbocycles. The Bertz CT molecular complexity index is 758. The summed E-state index contributed by atoms with van der Waals surface area (Å²) in [7, 11) is 0. The van der Waals surface area contributed by atoms with Crippen LogP contribution in [0.15, 0.2) is 54.7 Å². The van der Waals surface area contributed by atoms with E-state index in [1.807, 2.05) is 42.5 Å². The average Bonchev–Trinajstić information content (AvgIpc) is 2.49. The monoisotopic (exact) mass is 284 g/mol. The Balaban J connectivity index is 2.01. The van der Waals surface area contributed by atoms with E-state index in [0.29, 0.717) is 23.1 Å². The van der Waals surface area contributed by atoms with Crippen molar-refractivity contribution in [2.45, 2.75) is 6.54 Å². The fourth-order valence-corrected chi connectivity index (χ4v) is 2.29. The molecule has 100 valence electrons. The Labute approximate surface area is 122 Å². The van der Waals surface area contributed by atoms with E-state index >= 15 is 0 Å². The van der Waals surface area contributed by atoms with Crippen LogP contribution in [0.2, 0.25) is 5.02 Å². The molecule has 3 rings (SSSR count). The molecule has 3 nitrogen and oxygen atoms in total. The first-order valence-corrected chi connectivity index (χ1v) is 6.66. The number of fused-ring (bicyclic) bond motifs is 1. The number of halogens is 1. The molecule has 0 aliphatic carbocycles. The molecule has 0 atom stereocenters. The van der Waals surface area contributed by atoms with Gasteiger partial charge in [0.25, 0.3) is 0 Å². The van der Waals surface area contributed by atoms with Crippen molar-refractivity contribution in [3.8, 4) is 11.5 Å². The number of para-hydroxylation sites is 2. The fourth-order valence-electron chi connectivity index (χ4n) is 2.05. The first-order valence-electron chi connectivity index (χ1n) is 6.28. The van der Waals surface area contributed by atoms with Crippen LogP contribution in [0, 0.1) is 0 Å². The number of nitrogens with two attached hydrogens (primary N) is 1. The molecule has 1 aromatic heterocycles. The summed E-state index contributed by atoms with van der Waals surface area (Å²) in [5.74, 6) is 1.24. The molecule has 0 saturated carbocycles. The normalized spacial score (nSPS) is 10.7. The highest BCUT2D eigenvalue weighted by molar-refractivity contribution is 6.32. The third-order valence-electron chi connectivity index (χ3n) is 3.05. The van der Waals surface area contributed by atoms with E-state index in [2.05, 4.69) is 4.98 Å². The first kappa shape index (κ1) is 12.9. The topological polar surface area (TPSA) is 48.1 Å². The standard InChI is InChI=1S/C16H13ClN2O/c17-14-6-3-5-12(9-18)16(14)20-13-8-11-4-1-2-7-15(11)19-10-13/h1-8,10H,9,18H2. The highest BCUT2D eigenvalue weighted by atomic mass is 35.5. The van der Waals surface area contributed by atoms with E-state index in [1.54, 1.807) is 12.3 Å². The van der Waals surface area contributed by atoms with Crippen LogP contribution < -0.4 is 10.5 Å². The summed E-state index contributed by atoms with van der Waals surface area (Å²) in [4.78, 5) is 4.36. The molecule has 20 heavy (non-hydrogen) atoms. The number of ether oxygens (including phenoxy) is 1. The van der Waals surface area contributed by atoms with Gasteiger partial charge in [-0.3, -0.25) is 4.98 Å². The average molecular weight is 285 g/mol. The highest BCUT2D eigenvalue weighted by Gasteiger charge is 2.09. The first-order chi connectivity index (χ1) is 9.78. The van der Waals surface area contributed by atoms with Crippen LogP contribution in [0.4, 0.5) is 0 Å². The highest BCUT2D eigenvalue weighted by Crippen LogP contribution is 2.33. The van der Waals surface area contributed by atoms with E-state index in [9.17, 15) is 0 Å². The fraction of sp³-hybridized carbons (Fsp3) is 0.0625. The molecule has 0 amide bonds. The zero-order valence-electron chi connectivity index (χ0n) is 10.7. The SMILES string of the molecule is NCc1cccc(Cl)c1Oc1cnc2ccccc2c1. The Hall–Kier alpha value is -2.10. The van der Waals surface area contributed by atoms with Gasteiger partial charge in [-0.2, -0.15) is 0 Å². The van der Waals surface area contributed by atoms with Crippen molar-refractivity contribution < 1.29 is 4.74 Å². The van der Waals surface area contributed by atoms with Crippen LogP contribution in [0.3, 0.4) is 0 Å². The van der Waals surface area contributed by atoms with E-state index in [1.165, 1.54) is 0 Å². The minimum absolute atomic E-state index is 0.372. The molecule has 0 fully saturated rings. The summed E-state index contributed by atoms with van der Waals surface area (Å²) in [5.41, 5.74) is 7.50. The van der Waals surface area contributed by atoms with Crippen LogP contribution in [0.5, 0.6) is 11.5 Å². The van der Waals surface area contributed by atoms with Crippen molar-refractivity contribution in [3.05, 3.63) is 65.3 Å². The quantitative estimate of drug-likeness (QED) is 0.786. The van der Waals surface area contributed by atoms with Gasteiger partial charge in [-0.25, -0.2) is 0 Å². The lowest BCUT2D eigenvalue weighted by atomic mass is 10.2. The van der Waals surface area contributed by atoms with E-state index in [4.69, 9.17) is 22.1 Å². The zero-order valence-corrected chi connectivity index (χ0v) is 11.5. The molecule has 0 saturated heterocycles. The number of pyridine rings is 1. The lowest BCUT2D eigenvalue weighted by Gasteiger charge is -2.11. The molecule has 0 aliphatic rings. The van der Waals surface area contributed by atoms with Crippen molar-refractivity contribution >= 4 is 22.5 Å². The van der Waals surface area contributed by atoms with Gasteiger partial charge >= 0.3 is 0 Å². The van der Waals surface area contributed by atoms with Crippen LogP contribution >= 0.6 is 11.6 Å². The minimum atomic E-state index is 0.372. The molecule has 0 aliphatic heterocycles. The van der Waals surface area contributed by atoms with Gasteiger partial charge in [0.05, 0.1) is 16.7 Å². The van der Waals surface area contributed by atoms with Crippen molar-refractivity contribution in [2.24, 2.45) is 5.73 Å². The second kappa shape index (κ2) is 5.49. The number of hydrogen-bond acceptors (Lipinski definition) is 3. The Morgan fingerprint density at radius 3 is 2.80 bits per heavy atom. The Morgan fingerprint density at radius 2 is 1.95 bits per heavy atom. The summed E-state index contributed by atoms with van der Waals surface area (Å²) in [6, 6.07) is 15.3. The third-order valence-corrected chi connectivity index (χ3v) is 3.35. The largest absolute Gasteiger partial charge is 0.454 e. The molecule has 3 aromatic rings. The van der Waals surface area contributed by atoms with Crippen molar-refractivity contribution in [3.63, 3.8) is 0 Å². The molecule has 0 spiro atoms. The molecular weight excluding hydrogens is 272 g/mol. The van der Waals surface area contributed by atoms with Gasteiger partial charge in [-0.1, -0.05) is 41.9 Å². The minimum Gasteiger partial charge on any atom is -0.454 e. The maximum absolute atomic E-state index is 6.18. The van der Waals surface area contributed by atoms with E-state index in [-0.39, 0.29) is 0 Å². The number of nitrogens with zero attached hydrogens (tertiary/aromatic N) is 1. The number of rotatable bonds is 3. The summed E-state index contributed by atoms with van der Waals surface area (Å²) in [5, 5.41) is 1.56. The van der Waals surface area contributed by atoms with Crippen molar-refractivity contribution in [1.29, 1.82) is 0 Å². The predicted molar refractivity (Wildman–Crippen MR) is 81.2 cm³/mol. The van der Waals surface area contributed by atoms with Crippen LogP contribution in [0.25, 0.3) is 10.9 Å². The third kappa shape index (κ3) is 2.46. The van der Waals surface area contributed by atoms with Crippen LogP contribution in [-0.2, 0) is 6.54 Å². The Morgan fingerprint density at radius 1 is 1.10 bits per heavy atom. The zero-order chi connectivity index (χ0) is 13.9.